The highest BCUT2D eigenvalue weighted by molar-refractivity contribution is 7.11. The fraction of sp³-hybridized carbons (Fsp3) is 0.800. The minimum absolute atomic E-state index is 0.267. The lowest BCUT2D eigenvalue weighted by atomic mass is 10.2. The fourth-order valence-corrected chi connectivity index (χ4v) is 2.07. The van der Waals surface area contributed by atoms with E-state index < -0.39 is 0 Å². The Balaban J connectivity index is 2.38. The Morgan fingerprint density at radius 3 is 2.67 bits per heavy atom. The molecule has 5 heteroatoms. The molecule has 0 bridgehead atoms. The van der Waals surface area contributed by atoms with Gasteiger partial charge in [-0.05, 0) is 27.2 Å². The van der Waals surface area contributed by atoms with Crippen LogP contribution in [-0.4, -0.2) is 30.0 Å². The number of nitrogens with one attached hydrogen (secondary N) is 1. The second-order valence-corrected chi connectivity index (χ2v) is 4.94. The number of ether oxygens (including phenoxy) is 1. The molecule has 0 amide bonds. The number of hydrogen-bond donors (Lipinski definition) is 1. The standard InChI is InChI=1S/C10H19N3OS/c1-7(5-6-14-4)11-8(2)10-13-12-9(3)15-10/h7-8,11H,5-6H2,1-4H3. The number of nitrogens with zero attached hydrogens (tertiary/aromatic N) is 2. The monoisotopic (exact) mass is 229 g/mol. The first-order valence-corrected chi connectivity index (χ1v) is 6.00. The molecule has 0 spiro atoms. The van der Waals surface area contributed by atoms with Gasteiger partial charge in [0.15, 0.2) is 0 Å². The molecule has 2 atom stereocenters. The summed E-state index contributed by atoms with van der Waals surface area (Å²) in [6, 6.07) is 0.701. The van der Waals surface area contributed by atoms with Gasteiger partial charge in [-0.15, -0.1) is 21.5 Å². The Hall–Kier alpha value is -0.520. The Morgan fingerprint density at radius 2 is 2.13 bits per heavy atom. The summed E-state index contributed by atoms with van der Waals surface area (Å²) in [6.07, 6.45) is 1.01. The van der Waals surface area contributed by atoms with E-state index in [-0.39, 0.29) is 6.04 Å². The third-order valence-corrected chi connectivity index (χ3v) is 3.22. The zero-order valence-corrected chi connectivity index (χ0v) is 10.6. The van der Waals surface area contributed by atoms with Crippen LogP contribution < -0.4 is 5.32 Å². The molecule has 1 heterocycles. The molecule has 0 aliphatic rings. The zero-order valence-electron chi connectivity index (χ0n) is 9.78. The molecule has 1 N–H and O–H groups in total. The third-order valence-electron chi connectivity index (χ3n) is 2.20. The van der Waals surface area contributed by atoms with Crippen LogP contribution in [0.15, 0.2) is 0 Å². The summed E-state index contributed by atoms with van der Waals surface area (Å²) in [5, 5.41) is 13.7. The quantitative estimate of drug-likeness (QED) is 0.809. The van der Waals surface area contributed by atoms with Crippen molar-refractivity contribution in [2.24, 2.45) is 0 Å². The van der Waals surface area contributed by atoms with Crippen molar-refractivity contribution >= 4 is 11.3 Å². The molecule has 2 unspecified atom stereocenters. The normalized spacial score (nSPS) is 15.2. The van der Waals surface area contributed by atoms with Crippen LogP contribution in [0.2, 0.25) is 0 Å². The van der Waals surface area contributed by atoms with Crippen LogP contribution in [0.4, 0.5) is 0 Å². The zero-order chi connectivity index (χ0) is 11.3. The average molecular weight is 229 g/mol. The van der Waals surface area contributed by atoms with Crippen LogP contribution in [0.1, 0.15) is 36.3 Å². The van der Waals surface area contributed by atoms with Crippen LogP contribution in [0, 0.1) is 6.92 Å². The summed E-state index contributed by atoms with van der Waals surface area (Å²) in [5.41, 5.74) is 0. The van der Waals surface area contributed by atoms with Gasteiger partial charge in [-0.2, -0.15) is 0 Å². The summed E-state index contributed by atoms with van der Waals surface area (Å²) < 4.78 is 5.04. The Morgan fingerprint density at radius 1 is 1.40 bits per heavy atom. The van der Waals surface area contributed by atoms with Crippen molar-refractivity contribution in [2.45, 2.75) is 39.3 Å². The lowest BCUT2D eigenvalue weighted by molar-refractivity contribution is 0.183. The summed E-state index contributed by atoms with van der Waals surface area (Å²) in [4.78, 5) is 0. The van der Waals surface area contributed by atoms with Crippen molar-refractivity contribution in [3.8, 4) is 0 Å². The van der Waals surface area contributed by atoms with Crippen molar-refractivity contribution in [1.29, 1.82) is 0 Å². The Labute approximate surface area is 95.1 Å². The van der Waals surface area contributed by atoms with Gasteiger partial charge in [0.05, 0.1) is 6.04 Å². The molecule has 1 aromatic heterocycles. The van der Waals surface area contributed by atoms with Gasteiger partial charge in [-0.1, -0.05) is 0 Å². The van der Waals surface area contributed by atoms with Gasteiger partial charge >= 0.3 is 0 Å². The summed E-state index contributed by atoms with van der Waals surface area (Å²) in [7, 11) is 1.73. The molecule has 0 aliphatic carbocycles. The number of hydrogen-bond acceptors (Lipinski definition) is 5. The molecule has 0 radical (unpaired) electrons. The van der Waals surface area contributed by atoms with Crippen molar-refractivity contribution < 1.29 is 4.74 Å². The minimum Gasteiger partial charge on any atom is -0.385 e. The molecule has 0 saturated carbocycles. The van der Waals surface area contributed by atoms with Crippen molar-refractivity contribution in [3.63, 3.8) is 0 Å². The first-order chi connectivity index (χ1) is 7.13. The van der Waals surface area contributed by atoms with Crippen molar-refractivity contribution in [1.82, 2.24) is 15.5 Å². The van der Waals surface area contributed by atoms with Crippen LogP contribution in [-0.2, 0) is 4.74 Å². The lowest BCUT2D eigenvalue weighted by Crippen LogP contribution is -2.29. The fourth-order valence-electron chi connectivity index (χ4n) is 1.36. The van der Waals surface area contributed by atoms with Crippen LogP contribution in [0.5, 0.6) is 0 Å². The van der Waals surface area contributed by atoms with Gasteiger partial charge in [-0.25, -0.2) is 0 Å². The van der Waals surface area contributed by atoms with Crippen LogP contribution in [0.3, 0.4) is 0 Å². The maximum absolute atomic E-state index is 5.04. The Bertz CT molecular complexity index is 290. The van der Waals surface area contributed by atoms with E-state index >= 15 is 0 Å². The highest BCUT2D eigenvalue weighted by atomic mass is 32.1. The molecule has 0 saturated heterocycles. The largest absolute Gasteiger partial charge is 0.385 e. The highest BCUT2D eigenvalue weighted by Crippen LogP contribution is 2.17. The van der Waals surface area contributed by atoms with E-state index in [4.69, 9.17) is 4.74 Å². The van der Waals surface area contributed by atoms with Crippen molar-refractivity contribution in [3.05, 3.63) is 10.0 Å². The topological polar surface area (TPSA) is 47.0 Å². The van der Waals surface area contributed by atoms with E-state index in [0.717, 1.165) is 23.0 Å². The molecule has 0 fully saturated rings. The molecule has 1 aromatic rings. The summed E-state index contributed by atoms with van der Waals surface area (Å²) in [6.45, 7) is 7.03. The predicted octanol–water partition coefficient (Wildman–Crippen LogP) is 1.92. The van der Waals surface area contributed by atoms with Gasteiger partial charge < -0.3 is 10.1 Å². The van der Waals surface area contributed by atoms with E-state index in [0.29, 0.717) is 6.04 Å². The second-order valence-electron chi connectivity index (χ2n) is 3.73. The number of aromatic nitrogens is 2. The van der Waals surface area contributed by atoms with Gasteiger partial charge in [0.25, 0.3) is 0 Å². The summed E-state index contributed by atoms with van der Waals surface area (Å²) in [5.74, 6) is 0. The van der Waals surface area contributed by atoms with Gasteiger partial charge in [0, 0.05) is 19.8 Å². The molecule has 1 rings (SSSR count). The minimum atomic E-state index is 0.267. The molecule has 0 aromatic carbocycles. The number of rotatable bonds is 6. The summed E-state index contributed by atoms with van der Waals surface area (Å²) >= 11 is 1.65. The lowest BCUT2D eigenvalue weighted by Gasteiger charge is -2.17. The molecule has 15 heavy (non-hydrogen) atoms. The second kappa shape index (κ2) is 6.15. The average Bonchev–Trinajstić information content (AvgIpc) is 2.61. The molecule has 86 valence electrons. The van der Waals surface area contributed by atoms with Crippen molar-refractivity contribution in [2.75, 3.05) is 13.7 Å². The van der Waals surface area contributed by atoms with Gasteiger partial charge in [0.1, 0.15) is 10.0 Å². The van der Waals surface area contributed by atoms with E-state index in [1.165, 1.54) is 0 Å². The molecular formula is C10H19N3OS. The third kappa shape index (κ3) is 4.24. The maximum atomic E-state index is 5.04. The van der Waals surface area contributed by atoms with Crippen LogP contribution >= 0.6 is 11.3 Å². The molecule has 4 nitrogen and oxygen atoms in total. The number of methoxy groups -OCH3 is 1. The van der Waals surface area contributed by atoms with Crippen LogP contribution in [0.25, 0.3) is 0 Å². The SMILES string of the molecule is COCCC(C)NC(C)c1nnc(C)s1. The molecular weight excluding hydrogens is 210 g/mol. The van der Waals surface area contributed by atoms with E-state index in [1.807, 2.05) is 6.92 Å². The smallest absolute Gasteiger partial charge is 0.134 e. The predicted molar refractivity (Wildman–Crippen MR) is 62.2 cm³/mol. The highest BCUT2D eigenvalue weighted by Gasteiger charge is 2.12. The van der Waals surface area contributed by atoms with Gasteiger partial charge in [0.2, 0.25) is 0 Å². The van der Waals surface area contributed by atoms with E-state index in [1.54, 1.807) is 18.4 Å². The first kappa shape index (κ1) is 12.5. The van der Waals surface area contributed by atoms with Gasteiger partial charge in [-0.3, -0.25) is 0 Å². The van der Waals surface area contributed by atoms with E-state index in [9.17, 15) is 0 Å². The maximum Gasteiger partial charge on any atom is 0.134 e. The Kier molecular flexibility index (Phi) is 5.14. The number of aryl methyl sites for hydroxylation is 1. The molecule has 0 aliphatic heterocycles. The first-order valence-electron chi connectivity index (χ1n) is 5.18. The van der Waals surface area contributed by atoms with E-state index in [2.05, 4.69) is 29.4 Å².